The van der Waals surface area contributed by atoms with E-state index in [4.69, 9.17) is 0 Å². The van der Waals surface area contributed by atoms with Crippen LogP contribution in [0, 0.1) is 6.92 Å². The highest BCUT2D eigenvalue weighted by Gasteiger charge is 2.26. The molecule has 0 saturated heterocycles. The standard InChI is InChI=1S/C23H24N2O3S/c1-18-13-15-19(16-14-18)17-24(2)23(26)21-11-7-8-12-22(21)25(3)29(27,28)20-9-5-4-6-10-20/h4-16H,17H2,1-3H3. The van der Waals surface area contributed by atoms with Crippen molar-refractivity contribution in [3.63, 3.8) is 0 Å². The number of hydrogen-bond acceptors (Lipinski definition) is 3. The van der Waals surface area contributed by atoms with E-state index in [1.807, 2.05) is 31.2 Å². The molecule has 29 heavy (non-hydrogen) atoms. The second-order valence-electron chi connectivity index (χ2n) is 6.95. The molecule has 0 unspecified atom stereocenters. The predicted molar refractivity (Wildman–Crippen MR) is 115 cm³/mol. The van der Waals surface area contributed by atoms with Gasteiger partial charge in [0, 0.05) is 20.6 Å². The largest absolute Gasteiger partial charge is 0.337 e. The van der Waals surface area contributed by atoms with Gasteiger partial charge in [0.1, 0.15) is 0 Å². The summed E-state index contributed by atoms with van der Waals surface area (Å²) in [5.41, 5.74) is 2.84. The van der Waals surface area contributed by atoms with Crippen molar-refractivity contribution in [1.29, 1.82) is 0 Å². The normalized spacial score (nSPS) is 11.1. The first-order valence-corrected chi connectivity index (χ1v) is 10.7. The molecule has 0 aliphatic heterocycles. The van der Waals surface area contributed by atoms with Gasteiger partial charge in [0.05, 0.1) is 16.1 Å². The Labute approximate surface area is 172 Å². The van der Waals surface area contributed by atoms with Crippen LogP contribution in [0.15, 0.2) is 83.8 Å². The number of amides is 1. The number of nitrogens with zero attached hydrogens (tertiary/aromatic N) is 2. The Balaban J connectivity index is 1.90. The lowest BCUT2D eigenvalue weighted by Gasteiger charge is -2.24. The van der Waals surface area contributed by atoms with Crippen molar-refractivity contribution in [1.82, 2.24) is 4.90 Å². The Hall–Kier alpha value is -3.12. The van der Waals surface area contributed by atoms with E-state index >= 15 is 0 Å². The number of carbonyl (C=O) groups excluding carboxylic acids is 1. The Morgan fingerprint density at radius 2 is 1.41 bits per heavy atom. The minimum Gasteiger partial charge on any atom is -0.337 e. The smallest absolute Gasteiger partial charge is 0.264 e. The molecule has 6 heteroatoms. The van der Waals surface area contributed by atoms with E-state index in [2.05, 4.69) is 0 Å². The number of hydrogen-bond donors (Lipinski definition) is 0. The summed E-state index contributed by atoms with van der Waals surface area (Å²) in [4.78, 5) is 14.9. The van der Waals surface area contributed by atoms with Crippen molar-refractivity contribution in [2.45, 2.75) is 18.4 Å². The zero-order chi connectivity index (χ0) is 21.0. The maximum absolute atomic E-state index is 13.1. The minimum absolute atomic E-state index is 0.178. The molecular weight excluding hydrogens is 384 g/mol. The lowest BCUT2D eigenvalue weighted by atomic mass is 10.1. The van der Waals surface area contributed by atoms with E-state index in [-0.39, 0.29) is 10.8 Å². The second-order valence-corrected chi connectivity index (χ2v) is 8.92. The molecule has 3 aromatic carbocycles. The molecule has 0 aliphatic carbocycles. The molecule has 5 nitrogen and oxygen atoms in total. The summed E-state index contributed by atoms with van der Waals surface area (Å²) in [6, 6.07) is 22.9. The number of sulfonamides is 1. The molecule has 0 heterocycles. The van der Waals surface area contributed by atoms with Gasteiger partial charge in [-0.25, -0.2) is 8.42 Å². The SMILES string of the molecule is Cc1ccc(CN(C)C(=O)c2ccccc2N(C)S(=O)(=O)c2ccccc2)cc1. The molecular formula is C23H24N2O3S. The molecule has 0 bridgehead atoms. The van der Waals surface area contributed by atoms with E-state index < -0.39 is 10.0 Å². The number of para-hydroxylation sites is 1. The van der Waals surface area contributed by atoms with Crippen molar-refractivity contribution in [2.75, 3.05) is 18.4 Å². The van der Waals surface area contributed by atoms with Crippen LogP contribution in [-0.4, -0.2) is 33.3 Å². The molecule has 0 N–H and O–H groups in total. The molecule has 0 aromatic heterocycles. The van der Waals surface area contributed by atoms with Crippen LogP contribution in [0.1, 0.15) is 21.5 Å². The summed E-state index contributed by atoms with van der Waals surface area (Å²) in [6.45, 7) is 2.44. The topological polar surface area (TPSA) is 57.7 Å². The Kier molecular flexibility index (Phi) is 6.03. The average Bonchev–Trinajstić information content (AvgIpc) is 2.74. The van der Waals surface area contributed by atoms with Gasteiger partial charge in [-0.05, 0) is 36.8 Å². The van der Waals surface area contributed by atoms with Crippen LogP contribution < -0.4 is 4.31 Å². The Morgan fingerprint density at radius 3 is 2.07 bits per heavy atom. The van der Waals surface area contributed by atoms with Crippen LogP contribution in [0.4, 0.5) is 5.69 Å². The monoisotopic (exact) mass is 408 g/mol. The lowest BCUT2D eigenvalue weighted by Crippen LogP contribution is -2.31. The highest BCUT2D eigenvalue weighted by Crippen LogP contribution is 2.26. The Morgan fingerprint density at radius 1 is 0.828 bits per heavy atom. The first kappa shape index (κ1) is 20.6. The van der Waals surface area contributed by atoms with Crippen LogP contribution >= 0.6 is 0 Å². The molecule has 3 rings (SSSR count). The first-order chi connectivity index (χ1) is 13.8. The van der Waals surface area contributed by atoms with Crippen molar-refractivity contribution in [2.24, 2.45) is 0 Å². The van der Waals surface area contributed by atoms with Gasteiger partial charge < -0.3 is 4.90 Å². The molecule has 3 aromatic rings. The van der Waals surface area contributed by atoms with Crippen molar-refractivity contribution >= 4 is 21.6 Å². The summed E-state index contributed by atoms with van der Waals surface area (Å²) in [6.07, 6.45) is 0. The summed E-state index contributed by atoms with van der Waals surface area (Å²) < 4.78 is 27.2. The third-order valence-electron chi connectivity index (χ3n) is 4.76. The summed E-state index contributed by atoms with van der Waals surface area (Å²) in [5, 5.41) is 0. The maximum Gasteiger partial charge on any atom is 0.264 e. The van der Waals surface area contributed by atoms with Gasteiger partial charge in [0.25, 0.3) is 15.9 Å². The molecule has 0 saturated carbocycles. The van der Waals surface area contributed by atoms with Crippen LogP contribution in [0.25, 0.3) is 0 Å². The average molecular weight is 409 g/mol. The number of aryl methyl sites for hydroxylation is 1. The second kappa shape index (κ2) is 8.49. The third-order valence-corrected chi connectivity index (χ3v) is 6.55. The van der Waals surface area contributed by atoms with Gasteiger partial charge in [0.2, 0.25) is 0 Å². The zero-order valence-electron chi connectivity index (χ0n) is 16.7. The summed E-state index contributed by atoms with van der Waals surface area (Å²) >= 11 is 0. The van der Waals surface area contributed by atoms with Crippen molar-refractivity contribution in [3.05, 3.63) is 95.6 Å². The third kappa shape index (κ3) is 4.49. The van der Waals surface area contributed by atoms with Crippen LogP contribution in [0.2, 0.25) is 0 Å². The van der Waals surface area contributed by atoms with Gasteiger partial charge in [0.15, 0.2) is 0 Å². The molecule has 0 atom stereocenters. The summed E-state index contributed by atoms with van der Waals surface area (Å²) in [7, 11) is -0.595. The minimum atomic E-state index is -3.77. The number of rotatable bonds is 6. The van der Waals surface area contributed by atoms with E-state index in [0.29, 0.717) is 17.8 Å². The maximum atomic E-state index is 13.1. The van der Waals surface area contributed by atoms with E-state index in [0.717, 1.165) is 15.4 Å². The van der Waals surface area contributed by atoms with E-state index in [1.54, 1.807) is 66.5 Å². The zero-order valence-corrected chi connectivity index (χ0v) is 17.6. The lowest BCUT2D eigenvalue weighted by molar-refractivity contribution is 0.0786. The number of anilines is 1. The summed E-state index contributed by atoms with van der Waals surface area (Å²) in [5.74, 6) is -0.240. The fourth-order valence-corrected chi connectivity index (χ4v) is 4.29. The van der Waals surface area contributed by atoms with Crippen molar-refractivity contribution in [3.8, 4) is 0 Å². The van der Waals surface area contributed by atoms with Crippen LogP contribution in [0.3, 0.4) is 0 Å². The van der Waals surface area contributed by atoms with Crippen LogP contribution in [-0.2, 0) is 16.6 Å². The highest BCUT2D eigenvalue weighted by molar-refractivity contribution is 7.92. The molecule has 0 spiro atoms. The molecule has 0 radical (unpaired) electrons. The molecule has 0 aliphatic rings. The first-order valence-electron chi connectivity index (χ1n) is 9.24. The van der Waals surface area contributed by atoms with E-state index in [1.165, 1.54) is 7.05 Å². The fourth-order valence-electron chi connectivity index (χ4n) is 3.05. The highest BCUT2D eigenvalue weighted by atomic mass is 32.2. The van der Waals surface area contributed by atoms with Gasteiger partial charge in [-0.15, -0.1) is 0 Å². The predicted octanol–water partition coefficient (Wildman–Crippen LogP) is 4.09. The number of benzene rings is 3. The van der Waals surface area contributed by atoms with Crippen LogP contribution in [0.5, 0.6) is 0 Å². The van der Waals surface area contributed by atoms with E-state index in [9.17, 15) is 13.2 Å². The number of carbonyl (C=O) groups is 1. The molecule has 0 fully saturated rings. The van der Waals surface area contributed by atoms with Crippen molar-refractivity contribution < 1.29 is 13.2 Å². The van der Waals surface area contributed by atoms with Gasteiger partial charge in [-0.1, -0.05) is 60.2 Å². The van der Waals surface area contributed by atoms with Gasteiger partial charge in [-0.3, -0.25) is 9.10 Å². The quantitative estimate of drug-likeness (QED) is 0.617. The van der Waals surface area contributed by atoms with Gasteiger partial charge in [-0.2, -0.15) is 0 Å². The molecule has 150 valence electrons. The Bertz CT molecular complexity index is 1090. The van der Waals surface area contributed by atoms with Gasteiger partial charge >= 0.3 is 0 Å². The fraction of sp³-hybridized carbons (Fsp3) is 0.174. The molecule has 1 amide bonds.